The molecule has 0 saturated carbocycles. The molecule has 1 aromatic rings. The quantitative estimate of drug-likeness (QED) is 0.846. The van der Waals surface area contributed by atoms with Gasteiger partial charge < -0.3 is 10.2 Å². The number of pyridine rings is 1. The highest BCUT2D eigenvalue weighted by Crippen LogP contribution is 2.13. The lowest BCUT2D eigenvalue weighted by molar-refractivity contribution is 0.210. The maximum atomic E-state index is 4.47. The molecule has 0 bridgehead atoms. The van der Waals surface area contributed by atoms with Crippen LogP contribution in [0.4, 0.5) is 5.82 Å². The first-order valence-corrected chi connectivity index (χ1v) is 5.68. The Morgan fingerprint density at radius 3 is 2.38 bits per heavy atom. The van der Waals surface area contributed by atoms with E-state index in [-0.39, 0.29) is 5.54 Å². The smallest absolute Gasteiger partial charge is 0.126 e. The summed E-state index contributed by atoms with van der Waals surface area (Å²) in [6.45, 7) is 9.42. The predicted octanol–water partition coefficient (Wildman–Crippen LogP) is 2.45. The monoisotopic (exact) mass is 221 g/mol. The second-order valence-electron chi connectivity index (χ2n) is 5.23. The number of likely N-dealkylation sites (N-methyl/N-ethyl adjacent to an activating group) is 1. The molecule has 0 aliphatic carbocycles. The van der Waals surface area contributed by atoms with Crippen LogP contribution in [0.3, 0.4) is 0 Å². The zero-order valence-electron chi connectivity index (χ0n) is 11.3. The summed E-state index contributed by atoms with van der Waals surface area (Å²) in [7, 11) is 4.19. The van der Waals surface area contributed by atoms with Gasteiger partial charge in [0.05, 0.1) is 0 Å². The Hall–Kier alpha value is -1.09. The van der Waals surface area contributed by atoms with E-state index in [1.54, 1.807) is 0 Å². The third-order valence-electron chi connectivity index (χ3n) is 3.01. The molecule has 1 aromatic heterocycles. The largest absolute Gasteiger partial charge is 0.368 e. The topological polar surface area (TPSA) is 28.2 Å². The molecule has 0 fully saturated rings. The molecule has 3 nitrogen and oxygen atoms in total. The highest BCUT2D eigenvalue weighted by atomic mass is 15.2. The second kappa shape index (κ2) is 4.83. The molecule has 0 atom stereocenters. The van der Waals surface area contributed by atoms with E-state index in [0.29, 0.717) is 0 Å². The number of aromatic nitrogens is 1. The fraction of sp³-hybridized carbons (Fsp3) is 0.615. The van der Waals surface area contributed by atoms with Crippen LogP contribution >= 0.6 is 0 Å². The molecule has 0 unspecified atom stereocenters. The molecule has 1 heterocycles. The summed E-state index contributed by atoms with van der Waals surface area (Å²) in [6, 6.07) is 4.17. The van der Waals surface area contributed by atoms with Crippen molar-refractivity contribution in [1.29, 1.82) is 0 Å². The van der Waals surface area contributed by atoms with Crippen molar-refractivity contribution in [2.24, 2.45) is 0 Å². The molecule has 0 spiro atoms. The minimum Gasteiger partial charge on any atom is -0.368 e. The van der Waals surface area contributed by atoms with Crippen molar-refractivity contribution in [2.45, 2.75) is 33.2 Å². The van der Waals surface area contributed by atoms with Gasteiger partial charge in [-0.1, -0.05) is 0 Å². The van der Waals surface area contributed by atoms with Crippen molar-refractivity contribution in [2.75, 3.05) is 26.0 Å². The third kappa shape index (κ3) is 3.49. The lowest BCUT2D eigenvalue weighted by Crippen LogP contribution is -2.44. The molecule has 0 aliphatic rings. The van der Waals surface area contributed by atoms with Crippen LogP contribution in [-0.4, -0.2) is 36.1 Å². The molecular weight excluding hydrogens is 198 g/mol. The lowest BCUT2D eigenvalue weighted by atomic mass is 10.0. The number of rotatable bonds is 4. The van der Waals surface area contributed by atoms with Gasteiger partial charge in [0.25, 0.3) is 0 Å². The first-order chi connectivity index (χ1) is 7.31. The van der Waals surface area contributed by atoms with Crippen molar-refractivity contribution in [3.63, 3.8) is 0 Å². The van der Waals surface area contributed by atoms with Crippen molar-refractivity contribution in [3.8, 4) is 0 Å². The Kier molecular flexibility index (Phi) is 3.92. The highest BCUT2D eigenvalue weighted by molar-refractivity contribution is 5.39. The summed E-state index contributed by atoms with van der Waals surface area (Å²) < 4.78 is 0. The van der Waals surface area contributed by atoms with Crippen LogP contribution in [0.5, 0.6) is 0 Å². The average Bonchev–Trinajstić information content (AvgIpc) is 2.13. The molecule has 0 aliphatic heterocycles. The Labute approximate surface area is 98.9 Å². The van der Waals surface area contributed by atoms with E-state index in [0.717, 1.165) is 18.1 Å². The van der Waals surface area contributed by atoms with Crippen molar-refractivity contribution in [3.05, 3.63) is 23.4 Å². The molecule has 16 heavy (non-hydrogen) atoms. The van der Waals surface area contributed by atoms with E-state index in [2.05, 4.69) is 62.2 Å². The number of nitrogens with one attached hydrogen (secondary N) is 1. The molecule has 90 valence electrons. The minimum atomic E-state index is 0.124. The van der Waals surface area contributed by atoms with E-state index >= 15 is 0 Å². The number of anilines is 1. The first-order valence-electron chi connectivity index (χ1n) is 5.68. The third-order valence-corrected chi connectivity index (χ3v) is 3.01. The fourth-order valence-corrected chi connectivity index (χ4v) is 1.40. The Balaban J connectivity index is 2.68. The SMILES string of the molecule is Cc1cc(C)nc(NCC(C)(C)N(C)C)c1. The summed E-state index contributed by atoms with van der Waals surface area (Å²) in [5.41, 5.74) is 2.43. The maximum absolute atomic E-state index is 4.47. The summed E-state index contributed by atoms with van der Waals surface area (Å²) in [6.07, 6.45) is 0. The zero-order chi connectivity index (χ0) is 12.3. The number of hydrogen-bond acceptors (Lipinski definition) is 3. The van der Waals surface area contributed by atoms with Crippen molar-refractivity contribution >= 4 is 5.82 Å². The van der Waals surface area contributed by atoms with E-state index in [4.69, 9.17) is 0 Å². The normalized spacial score (nSPS) is 11.9. The highest BCUT2D eigenvalue weighted by Gasteiger charge is 2.19. The van der Waals surface area contributed by atoms with Gasteiger partial charge in [0.2, 0.25) is 0 Å². The molecule has 0 saturated heterocycles. The number of hydrogen-bond donors (Lipinski definition) is 1. The van der Waals surface area contributed by atoms with Gasteiger partial charge in [-0.15, -0.1) is 0 Å². The summed E-state index contributed by atoms with van der Waals surface area (Å²) in [4.78, 5) is 6.68. The van der Waals surface area contributed by atoms with Gasteiger partial charge >= 0.3 is 0 Å². The van der Waals surface area contributed by atoms with Crippen LogP contribution in [-0.2, 0) is 0 Å². The van der Waals surface area contributed by atoms with Crippen LogP contribution in [0.25, 0.3) is 0 Å². The van der Waals surface area contributed by atoms with Gasteiger partial charge in [0.15, 0.2) is 0 Å². The first kappa shape index (κ1) is 13.0. The number of nitrogens with zero attached hydrogens (tertiary/aromatic N) is 2. The molecule has 0 aromatic carbocycles. The van der Waals surface area contributed by atoms with Crippen LogP contribution in [0.1, 0.15) is 25.1 Å². The molecule has 0 radical (unpaired) electrons. The van der Waals surface area contributed by atoms with Crippen LogP contribution < -0.4 is 5.32 Å². The van der Waals surface area contributed by atoms with E-state index in [9.17, 15) is 0 Å². The van der Waals surface area contributed by atoms with Crippen molar-refractivity contribution in [1.82, 2.24) is 9.88 Å². The van der Waals surface area contributed by atoms with E-state index in [1.807, 2.05) is 6.92 Å². The van der Waals surface area contributed by atoms with Crippen LogP contribution in [0.2, 0.25) is 0 Å². The van der Waals surface area contributed by atoms with E-state index in [1.165, 1.54) is 5.56 Å². The predicted molar refractivity (Wildman–Crippen MR) is 70.0 cm³/mol. The van der Waals surface area contributed by atoms with Crippen LogP contribution in [0.15, 0.2) is 12.1 Å². The van der Waals surface area contributed by atoms with Gasteiger partial charge in [-0.05, 0) is 59.5 Å². The van der Waals surface area contributed by atoms with Gasteiger partial charge in [-0.25, -0.2) is 4.98 Å². The summed E-state index contributed by atoms with van der Waals surface area (Å²) in [5.74, 6) is 0.965. The molecule has 1 N–H and O–H groups in total. The van der Waals surface area contributed by atoms with Gasteiger partial charge in [0, 0.05) is 17.8 Å². The van der Waals surface area contributed by atoms with Gasteiger partial charge in [0.1, 0.15) is 5.82 Å². The second-order valence-corrected chi connectivity index (χ2v) is 5.23. The zero-order valence-corrected chi connectivity index (χ0v) is 11.3. The minimum absolute atomic E-state index is 0.124. The van der Waals surface area contributed by atoms with Gasteiger partial charge in [-0.2, -0.15) is 0 Å². The maximum Gasteiger partial charge on any atom is 0.126 e. The summed E-state index contributed by atoms with van der Waals surface area (Å²) in [5, 5.41) is 3.40. The van der Waals surface area contributed by atoms with Crippen LogP contribution in [0, 0.1) is 13.8 Å². The summed E-state index contributed by atoms with van der Waals surface area (Å²) >= 11 is 0. The number of aryl methyl sites for hydroxylation is 2. The molecular formula is C13H23N3. The Bertz CT molecular complexity index is 336. The van der Waals surface area contributed by atoms with Gasteiger partial charge in [-0.3, -0.25) is 0 Å². The van der Waals surface area contributed by atoms with Crippen molar-refractivity contribution < 1.29 is 0 Å². The molecule has 0 amide bonds. The van der Waals surface area contributed by atoms with E-state index < -0.39 is 0 Å². The average molecular weight is 221 g/mol. The Morgan fingerprint density at radius 1 is 1.25 bits per heavy atom. The molecule has 3 heteroatoms. The molecule has 1 rings (SSSR count). The Morgan fingerprint density at radius 2 is 1.88 bits per heavy atom. The standard InChI is InChI=1S/C13H23N3/c1-10-7-11(2)15-12(8-10)14-9-13(3,4)16(5)6/h7-8H,9H2,1-6H3,(H,14,15). The fourth-order valence-electron chi connectivity index (χ4n) is 1.40. The lowest BCUT2D eigenvalue weighted by Gasteiger charge is -2.32.